The minimum atomic E-state index is -1.11. The Balaban J connectivity index is 3.31. The van der Waals surface area contributed by atoms with Gasteiger partial charge in [-0.15, -0.1) is 0 Å². The molecule has 1 rings (SSSR count). The van der Waals surface area contributed by atoms with Crippen molar-refractivity contribution in [1.29, 1.82) is 0 Å². The fourth-order valence-electron chi connectivity index (χ4n) is 1.15. The molecule has 0 aromatic heterocycles. The third kappa shape index (κ3) is 1.47. The van der Waals surface area contributed by atoms with Crippen LogP contribution in [0, 0.1) is 20.8 Å². The highest BCUT2D eigenvalue weighted by Gasteiger charge is 2.00. The molecule has 2 heteroatoms. The molecule has 12 heavy (non-hydrogen) atoms. The zero-order valence-electron chi connectivity index (χ0n) is 7.47. The van der Waals surface area contributed by atoms with Crippen LogP contribution in [0.25, 0.3) is 0 Å². The Hall–Kier alpha value is -1.31. The summed E-state index contributed by atoms with van der Waals surface area (Å²) in [5.74, 6) is -1.11. The molecule has 0 aliphatic rings. The lowest BCUT2D eigenvalue weighted by atomic mass is 10.0. The van der Waals surface area contributed by atoms with E-state index in [0.717, 1.165) is 16.7 Å². The molecule has 2 nitrogen and oxygen atoms in total. The van der Waals surface area contributed by atoms with Crippen LogP contribution in [-0.2, 0) is 0 Å². The molecule has 0 aliphatic heterocycles. The lowest BCUT2D eigenvalue weighted by Gasteiger charge is -2.09. The van der Waals surface area contributed by atoms with Gasteiger partial charge in [0.05, 0.1) is 5.97 Å². The van der Waals surface area contributed by atoms with E-state index in [9.17, 15) is 9.90 Å². The molecular weight excluding hydrogens is 152 g/mol. The minimum Gasteiger partial charge on any atom is -0.545 e. The van der Waals surface area contributed by atoms with Crippen LogP contribution in [0.15, 0.2) is 12.1 Å². The standard InChI is InChI=1S/C10H12O2/c1-6-4-9(10(11)12)5-7(2)8(6)3/h4-5H,1-3H3,(H,11,12)/p-1. The molecule has 0 bridgehead atoms. The SMILES string of the molecule is Cc1cc(C(=O)[O-])cc(C)c1C. The highest BCUT2D eigenvalue weighted by molar-refractivity contribution is 5.86. The van der Waals surface area contributed by atoms with Gasteiger partial charge in [-0.25, -0.2) is 0 Å². The van der Waals surface area contributed by atoms with Gasteiger partial charge >= 0.3 is 0 Å². The largest absolute Gasteiger partial charge is 0.545 e. The van der Waals surface area contributed by atoms with Gasteiger partial charge in [-0.3, -0.25) is 0 Å². The van der Waals surface area contributed by atoms with Crippen LogP contribution < -0.4 is 5.11 Å². The van der Waals surface area contributed by atoms with E-state index in [4.69, 9.17) is 0 Å². The number of hydrogen-bond acceptors (Lipinski definition) is 2. The summed E-state index contributed by atoms with van der Waals surface area (Å²) in [4.78, 5) is 10.5. The average Bonchev–Trinajstić information content (AvgIpc) is 1.99. The summed E-state index contributed by atoms with van der Waals surface area (Å²) < 4.78 is 0. The fraction of sp³-hybridized carbons (Fsp3) is 0.300. The molecular formula is C10H11O2-. The molecule has 64 valence electrons. The maximum absolute atomic E-state index is 10.5. The second kappa shape index (κ2) is 2.97. The summed E-state index contributed by atoms with van der Waals surface area (Å²) in [6.07, 6.45) is 0. The fourth-order valence-corrected chi connectivity index (χ4v) is 1.15. The van der Waals surface area contributed by atoms with Crippen LogP contribution in [0.1, 0.15) is 27.0 Å². The number of rotatable bonds is 1. The predicted molar refractivity (Wildman–Crippen MR) is 45.0 cm³/mol. The Bertz CT molecular complexity index is 304. The summed E-state index contributed by atoms with van der Waals surface area (Å²) in [6, 6.07) is 3.27. The lowest BCUT2D eigenvalue weighted by Crippen LogP contribution is -2.22. The summed E-state index contributed by atoms with van der Waals surface area (Å²) >= 11 is 0. The van der Waals surface area contributed by atoms with Gasteiger partial charge in [-0.05, 0) is 55.2 Å². The van der Waals surface area contributed by atoms with Crippen LogP contribution in [0.2, 0.25) is 0 Å². The van der Waals surface area contributed by atoms with Gasteiger partial charge in [0.1, 0.15) is 0 Å². The summed E-state index contributed by atoms with van der Waals surface area (Å²) in [6.45, 7) is 5.77. The Morgan fingerprint density at radius 1 is 1.17 bits per heavy atom. The van der Waals surface area contributed by atoms with E-state index in [-0.39, 0.29) is 5.56 Å². The maximum atomic E-state index is 10.5. The van der Waals surface area contributed by atoms with Gasteiger partial charge in [-0.2, -0.15) is 0 Å². The number of hydrogen-bond donors (Lipinski definition) is 0. The monoisotopic (exact) mass is 163 g/mol. The van der Waals surface area contributed by atoms with E-state index in [1.165, 1.54) is 0 Å². The molecule has 0 N–H and O–H groups in total. The van der Waals surface area contributed by atoms with E-state index in [1.807, 2.05) is 20.8 Å². The van der Waals surface area contributed by atoms with Crippen molar-refractivity contribution in [3.05, 3.63) is 34.4 Å². The number of aromatic carboxylic acids is 1. The van der Waals surface area contributed by atoms with Crippen molar-refractivity contribution in [2.75, 3.05) is 0 Å². The third-order valence-corrected chi connectivity index (χ3v) is 2.16. The predicted octanol–water partition coefficient (Wildman–Crippen LogP) is 0.975. The first-order valence-electron chi connectivity index (χ1n) is 3.81. The van der Waals surface area contributed by atoms with Crippen LogP contribution in [-0.4, -0.2) is 5.97 Å². The highest BCUT2D eigenvalue weighted by Crippen LogP contribution is 2.14. The van der Waals surface area contributed by atoms with E-state index in [2.05, 4.69) is 0 Å². The lowest BCUT2D eigenvalue weighted by molar-refractivity contribution is -0.255. The number of carbonyl (C=O) groups excluding carboxylic acids is 1. The van der Waals surface area contributed by atoms with Crippen molar-refractivity contribution >= 4 is 5.97 Å². The van der Waals surface area contributed by atoms with Crippen molar-refractivity contribution < 1.29 is 9.90 Å². The molecule has 0 atom stereocenters. The Kier molecular flexibility index (Phi) is 2.18. The van der Waals surface area contributed by atoms with Crippen LogP contribution in [0.4, 0.5) is 0 Å². The zero-order valence-corrected chi connectivity index (χ0v) is 7.47. The Morgan fingerprint density at radius 3 is 1.92 bits per heavy atom. The number of carbonyl (C=O) groups is 1. The zero-order chi connectivity index (χ0) is 9.30. The topological polar surface area (TPSA) is 40.1 Å². The number of benzene rings is 1. The first-order valence-corrected chi connectivity index (χ1v) is 3.81. The Morgan fingerprint density at radius 2 is 1.58 bits per heavy atom. The highest BCUT2D eigenvalue weighted by atomic mass is 16.4. The van der Waals surface area contributed by atoms with Gasteiger partial charge in [0.2, 0.25) is 0 Å². The summed E-state index contributed by atoms with van der Waals surface area (Å²) in [5.41, 5.74) is 3.39. The van der Waals surface area contributed by atoms with E-state index in [1.54, 1.807) is 12.1 Å². The van der Waals surface area contributed by atoms with Crippen LogP contribution in [0.5, 0.6) is 0 Å². The van der Waals surface area contributed by atoms with Crippen molar-refractivity contribution in [3.63, 3.8) is 0 Å². The summed E-state index contributed by atoms with van der Waals surface area (Å²) in [7, 11) is 0. The molecule has 0 fully saturated rings. The Labute approximate surface area is 71.8 Å². The molecule has 1 aromatic carbocycles. The first kappa shape index (κ1) is 8.78. The van der Waals surface area contributed by atoms with Gasteiger partial charge in [0.15, 0.2) is 0 Å². The van der Waals surface area contributed by atoms with E-state index in [0.29, 0.717) is 0 Å². The molecule has 0 saturated heterocycles. The quantitative estimate of drug-likeness (QED) is 0.619. The van der Waals surface area contributed by atoms with Crippen molar-refractivity contribution in [3.8, 4) is 0 Å². The van der Waals surface area contributed by atoms with Gasteiger partial charge in [0.25, 0.3) is 0 Å². The molecule has 0 aliphatic carbocycles. The van der Waals surface area contributed by atoms with Crippen LogP contribution in [0.3, 0.4) is 0 Å². The minimum absolute atomic E-state index is 0.260. The maximum Gasteiger partial charge on any atom is 0.0715 e. The first-order chi connectivity index (χ1) is 5.52. The van der Waals surface area contributed by atoms with Gasteiger partial charge < -0.3 is 9.90 Å². The second-order valence-corrected chi connectivity index (χ2v) is 3.02. The number of aryl methyl sites for hydroxylation is 2. The molecule has 1 aromatic rings. The normalized spacial score (nSPS) is 9.92. The van der Waals surface area contributed by atoms with Gasteiger partial charge in [-0.1, -0.05) is 0 Å². The summed E-state index contributed by atoms with van der Waals surface area (Å²) in [5, 5.41) is 10.5. The number of carboxylic acids is 1. The molecule has 0 saturated carbocycles. The molecule has 0 radical (unpaired) electrons. The molecule has 0 heterocycles. The van der Waals surface area contributed by atoms with Crippen molar-refractivity contribution in [2.45, 2.75) is 20.8 Å². The third-order valence-electron chi connectivity index (χ3n) is 2.16. The van der Waals surface area contributed by atoms with E-state index >= 15 is 0 Å². The van der Waals surface area contributed by atoms with Crippen molar-refractivity contribution in [2.24, 2.45) is 0 Å². The smallest absolute Gasteiger partial charge is 0.0715 e. The van der Waals surface area contributed by atoms with E-state index < -0.39 is 5.97 Å². The second-order valence-electron chi connectivity index (χ2n) is 3.02. The number of carboxylic acid groups (broad SMARTS) is 1. The van der Waals surface area contributed by atoms with Crippen LogP contribution >= 0.6 is 0 Å². The molecule has 0 unspecified atom stereocenters. The van der Waals surface area contributed by atoms with Crippen molar-refractivity contribution in [1.82, 2.24) is 0 Å². The average molecular weight is 163 g/mol. The van der Waals surface area contributed by atoms with Gasteiger partial charge in [0, 0.05) is 0 Å². The molecule has 0 amide bonds. The molecule has 0 spiro atoms.